The number of hydrogen-bond acceptors (Lipinski definition) is 2. The molecule has 0 saturated heterocycles. The average molecular weight is 227 g/mol. The van der Waals surface area contributed by atoms with Crippen molar-refractivity contribution in [3.63, 3.8) is 0 Å². The van der Waals surface area contributed by atoms with Crippen LogP contribution < -0.4 is 15.5 Å². The van der Waals surface area contributed by atoms with Gasteiger partial charge in [-0.25, -0.2) is 4.98 Å². The van der Waals surface area contributed by atoms with Gasteiger partial charge in [0.15, 0.2) is 6.20 Å². The Hall–Kier alpha value is -2.29. The molecule has 0 atom stereocenters. The van der Waals surface area contributed by atoms with E-state index < -0.39 is 0 Å². The minimum absolute atomic E-state index is 0.699. The Labute approximate surface area is 101 Å². The summed E-state index contributed by atoms with van der Waals surface area (Å²) in [6, 6.07) is 11.5. The number of anilines is 1. The number of nitrogen functional groups attached to an aromatic ring is 1. The van der Waals surface area contributed by atoms with Crippen molar-refractivity contribution in [1.29, 1.82) is 0 Å². The summed E-state index contributed by atoms with van der Waals surface area (Å²) in [5, 5.41) is 0. The zero-order chi connectivity index (χ0) is 12.1. The molecule has 0 fully saturated rings. The summed E-state index contributed by atoms with van der Waals surface area (Å²) in [6.07, 6.45) is 5.87. The first-order valence-corrected chi connectivity index (χ1v) is 5.38. The van der Waals surface area contributed by atoms with E-state index in [2.05, 4.69) is 4.98 Å². The number of ether oxygens (including phenoxy) is 1. The summed E-state index contributed by atoms with van der Waals surface area (Å²) in [5.41, 5.74) is 8.43. The average Bonchev–Trinajstić information content (AvgIpc) is 2.38. The van der Waals surface area contributed by atoms with Gasteiger partial charge in [-0.3, -0.25) is 0 Å². The molecule has 0 aliphatic carbocycles. The van der Waals surface area contributed by atoms with Gasteiger partial charge in [0, 0.05) is 35.5 Å². The minimum Gasteiger partial charge on any atom is -0.496 e. The highest BCUT2D eigenvalue weighted by atomic mass is 16.5. The van der Waals surface area contributed by atoms with E-state index in [0.717, 1.165) is 17.0 Å². The highest BCUT2D eigenvalue weighted by Gasteiger charge is 2.00. The van der Waals surface area contributed by atoms with Crippen molar-refractivity contribution in [2.24, 2.45) is 0 Å². The molecule has 0 aliphatic rings. The third-order valence-corrected chi connectivity index (χ3v) is 2.43. The number of pyridine rings is 1. The maximum atomic E-state index is 5.70. The van der Waals surface area contributed by atoms with E-state index in [-0.39, 0.29) is 0 Å². The molecule has 0 bridgehead atoms. The lowest BCUT2D eigenvalue weighted by atomic mass is 10.1. The number of methoxy groups -OCH3 is 1. The van der Waals surface area contributed by atoms with Crippen LogP contribution in [0.1, 0.15) is 11.3 Å². The molecule has 0 aliphatic heterocycles. The second kappa shape index (κ2) is 5.16. The number of H-pyrrole nitrogens is 1. The quantitative estimate of drug-likeness (QED) is 0.818. The van der Waals surface area contributed by atoms with Crippen molar-refractivity contribution < 1.29 is 9.72 Å². The summed E-state index contributed by atoms with van der Waals surface area (Å²) < 4.78 is 5.27. The SMILES string of the molecule is COc1cc(N)ccc1/C=C/c1cccc[nH+]1. The molecule has 86 valence electrons. The fourth-order valence-electron chi connectivity index (χ4n) is 1.56. The van der Waals surface area contributed by atoms with Crippen LogP contribution in [0.3, 0.4) is 0 Å². The molecule has 3 heteroatoms. The van der Waals surface area contributed by atoms with E-state index >= 15 is 0 Å². The normalized spacial score (nSPS) is 10.6. The zero-order valence-electron chi connectivity index (χ0n) is 9.68. The second-order valence-corrected chi connectivity index (χ2v) is 3.65. The topological polar surface area (TPSA) is 49.4 Å². The second-order valence-electron chi connectivity index (χ2n) is 3.65. The number of hydrogen-bond donors (Lipinski definition) is 1. The third-order valence-electron chi connectivity index (χ3n) is 2.43. The standard InChI is InChI=1S/C14H14N2O/c1-17-14-10-12(15)7-5-11(14)6-8-13-4-2-3-9-16-13/h2-10H,15H2,1H3/p+1/b8-6+. The lowest BCUT2D eigenvalue weighted by Gasteiger charge is -2.04. The van der Waals surface area contributed by atoms with Gasteiger partial charge in [0.25, 0.3) is 0 Å². The van der Waals surface area contributed by atoms with E-state index in [4.69, 9.17) is 10.5 Å². The van der Waals surface area contributed by atoms with Crippen LogP contribution in [0.5, 0.6) is 5.75 Å². The summed E-state index contributed by atoms with van der Waals surface area (Å²) in [7, 11) is 1.64. The number of nitrogens with one attached hydrogen (secondary N) is 1. The Morgan fingerprint density at radius 2 is 2.06 bits per heavy atom. The van der Waals surface area contributed by atoms with Gasteiger partial charge in [0.1, 0.15) is 5.75 Å². The lowest BCUT2D eigenvalue weighted by molar-refractivity contribution is -0.380. The number of nitrogens with two attached hydrogens (primary N) is 1. The predicted octanol–water partition coefficient (Wildman–Crippen LogP) is 2.26. The van der Waals surface area contributed by atoms with Gasteiger partial charge < -0.3 is 10.5 Å². The van der Waals surface area contributed by atoms with Gasteiger partial charge in [0.05, 0.1) is 7.11 Å². The fourth-order valence-corrected chi connectivity index (χ4v) is 1.56. The molecular weight excluding hydrogens is 212 g/mol. The van der Waals surface area contributed by atoms with Crippen LogP contribution in [0.15, 0.2) is 42.6 Å². The number of aromatic amines is 1. The maximum Gasteiger partial charge on any atom is 0.203 e. The van der Waals surface area contributed by atoms with Crippen LogP contribution in [0.25, 0.3) is 12.2 Å². The van der Waals surface area contributed by atoms with Crippen LogP contribution in [0.4, 0.5) is 5.69 Å². The molecule has 0 unspecified atom stereocenters. The van der Waals surface area contributed by atoms with E-state index in [9.17, 15) is 0 Å². The van der Waals surface area contributed by atoms with Crippen molar-refractivity contribution in [3.05, 3.63) is 53.9 Å². The fraction of sp³-hybridized carbons (Fsp3) is 0.0714. The molecule has 2 rings (SSSR count). The molecule has 2 aromatic rings. The first kappa shape index (κ1) is 11.2. The van der Waals surface area contributed by atoms with E-state index in [1.54, 1.807) is 7.11 Å². The van der Waals surface area contributed by atoms with Crippen molar-refractivity contribution in [2.45, 2.75) is 0 Å². The Balaban J connectivity index is 2.27. The summed E-state index contributed by atoms with van der Waals surface area (Å²) in [6.45, 7) is 0. The third kappa shape index (κ3) is 2.84. The molecule has 3 nitrogen and oxygen atoms in total. The Kier molecular flexibility index (Phi) is 3.40. The predicted molar refractivity (Wildman–Crippen MR) is 69.3 cm³/mol. The highest BCUT2D eigenvalue weighted by molar-refractivity contribution is 5.71. The van der Waals surface area contributed by atoms with Crippen molar-refractivity contribution in [1.82, 2.24) is 0 Å². The van der Waals surface area contributed by atoms with Crippen LogP contribution in [0, 0.1) is 0 Å². The first-order valence-electron chi connectivity index (χ1n) is 5.38. The van der Waals surface area contributed by atoms with Gasteiger partial charge in [-0.15, -0.1) is 0 Å². The molecule has 3 N–H and O–H groups in total. The van der Waals surface area contributed by atoms with Gasteiger partial charge >= 0.3 is 0 Å². The van der Waals surface area contributed by atoms with Gasteiger partial charge in [-0.1, -0.05) is 0 Å². The van der Waals surface area contributed by atoms with Gasteiger partial charge in [-0.2, -0.15) is 0 Å². The molecule has 1 heterocycles. The molecule has 17 heavy (non-hydrogen) atoms. The Bertz CT molecular complexity index is 521. The van der Waals surface area contributed by atoms with Crippen molar-refractivity contribution >= 4 is 17.8 Å². The molecule has 0 saturated carbocycles. The molecule has 0 amide bonds. The lowest BCUT2D eigenvalue weighted by Crippen LogP contribution is -2.03. The monoisotopic (exact) mass is 227 g/mol. The molecule has 1 aromatic carbocycles. The minimum atomic E-state index is 0.699. The smallest absolute Gasteiger partial charge is 0.203 e. The number of benzene rings is 1. The van der Waals surface area contributed by atoms with Crippen molar-refractivity contribution in [3.8, 4) is 5.75 Å². The van der Waals surface area contributed by atoms with Crippen LogP contribution >= 0.6 is 0 Å². The summed E-state index contributed by atoms with van der Waals surface area (Å²) >= 11 is 0. The Morgan fingerprint density at radius 3 is 2.76 bits per heavy atom. The van der Waals surface area contributed by atoms with Gasteiger partial charge in [0.2, 0.25) is 5.69 Å². The van der Waals surface area contributed by atoms with E-state index in [0.29, 0.717) is 5.69 Å². The summed E-state index contributed by atoms with van der Waals surface area (Å²) in [5.74, 6) is 0.775. The van der Waals surface area contributed by atoms with Crippen LogP contribution in [-0.4, -0.2) is 7.11 Å². The number of rotatable bonds is 3. The van der Waals surface area contributed by atoms with Crippen LogP contribution in [0.2, 0.25) is 0 Å². The summed E-state index contributed by atoms with van der Waals surface area (Å²) in [4.78, 5) is 3.14. The zero-order valence-corrected chi connectivity index (χ0v) is 9.68. The largest absolute Gasteiger partial charge is 0.496 e. The first-order chi connectivity index (χ1) is 8.29. The maximum absolute atomic E-state index is 5.70. The molecular formula is C14H15N2O+. The van der Waals surface area contributed by atoms with Crippen LogP contribution in [-0.2, 0) is 0 Å². The van der Waals surface area contributed by atoms with E-state index in [1.165, 1.54) is 0 Å². The number of aromatic nitrogens is 1. The molecule has 1 aromatic heterocycles. The van der Waals surface area contributed by atoms with Gasteiger partial charge in [-0.05, 0) is 24.3 Å². The van der Waals surface area contributed by atoms with E-state index in [1.807, 2.05) is 54.7 Å². The molecule has 0 radical (unpaired) electrons. The van der Waals surface area contributed by atoms with Crippen molar-refractivity contribution in [2.75, 3.05) is 12.8 Å². The molecule has 0 spiro atoms. The highest BCUT2D eigenvalue weighted by Crippen LogP contribution is 2.23. The Morgan fingerprint density at radius 1 is 1.18 bits per heavy atom.